The highest BCUT2D eigenvalue weighted by atomic mass is 32.2. The fraction of sp³-hybridized carbons (Fsp3) is 0.444. The number of aryl methyl sites for hydroxylation is 3. The van der Waals surface area contributed by atoms with Gasteiger partial charge in [0.15, 0.2) is 5.76 Å². The van der Waals surface area contributed by atoms with E-state index in [1.165, 1.54) is 4.31 Å². The Morgan fingerprint density at radius 1 is 1.27 bits per heavy atom. The predicted octanol–water partition coefficient (Wildman–Crippen LogP) is 2.70. The van der Waals surface area contributed by atoms with Crippen LogP contribution in [-0.2, 0) is 14.8 Å². The lowest BCUT2D eigenvalue weighted by Crippen LogP contribution is -2.43. The van der Waals surface area contributed by atoms with Crippen molar-refractivity contribution in [2.24, 2.45) is 0 Å². The second-order valence-electron chi connectivity index (χ2n) is 6.66. The first-order valence-corrected chi connectivity index (χ1v) is 9.99. The minimum atomic E-state index is -3.85. The van der Waals surface area contributed by atoms with Crippen molar-refractivity contribution < 1.29 is 17.7 Å². The lowest BCUT2D eigenvalue weighted by molar-refractivity contribution is -0.119. The van der Waals surface area contributed by atoms with Crippen LogP contribution >= 0.6 is 0 Å². The van der Waals surface area contributed by atoms with E-state index in [0.29, 0.717) is 30.8 Å². The summed E-state index contributed by atoms with van der Waals surface area (Å²) in [6, 6.07) is 4.91. The Morgan fingerprint density at radius 2 is 2.00 bits per heavy atom. The van der Waals surface area contributed by atoms with E-state index in [2.05, 4.69) is 10.5 Å². The van der Waals surface area contributed by atoms with Crippen LogP contribution in [0.3, 0.4) is 0 Å². The van der Waals surface area contributed by atoms with Gasteiger partial charge in [-0.15, -0.1) is 0 Å². The van der Waals surface area contributed by atoms with Crippen molar-refractivity contribution in [3.05, 3.63) is 40.8 Å². The zero-order valence-corrected chi connectivity index (χ0v) is 16.2. The second-order valence-corrected chi connectivity index (χ2v) is 8.49. The first-order valence-electron chi connectivity index (χ1n) is 8.55. The summed E-state index contributed by atoms with van der Waals surface area (Å²) < 4.78 is 32.4. The fourth-order valence-corrected chi connectivity index (χ4v) is 5.30. The molecular weight excluding hydrogens is 354 g/mol. The van der Waals surface area contributed by atoms with Gasteiger partial charge in [0.25, 0.3) is 0 Å². The number of anilines is 1. The van der Waals surface area contributed by atoms with E-state index in [4.69, 9.17) is 4.52 Å². The maximum Gasteiger partial charge on any atom is 0.249 e. The van der Waals surface area contributed by atoms with Crippen molar-refractivity contribution >= 4 is 21.6 Å². The number of nitrogens with zero attached hydrogens (tertiary/aromatic N) is 2. The third-order valence-corrected chi connectivity index (χ3v) is 7.06. The number of nitrogens with one attached hydrogen (secondary N) is 1. The number of hydrogen-bond donors (Lipinski definition) is 1. The number of carbonyl (C=O) groups excluding carboxylic acids is 1. The smallest absolute Gasteiger partial charge is 0.249 e. The molecule has 0 aliphatic carbocycles. The molecule has 0 bridgehead atoms. The molecule has 0 saturated carbocycles. The molecule has 1 unspecified atom stereocenters. The van der Waals surface area contributed by atoms with Gasteiger partial charge in [-0.2, -0.15) is 4.31 Å². The van der Waals surface area contributed by atoms with Crippen LogP contribution in [-0.4, -0.2) is 36.4 Å². The highest BCUT2D eigenvalue weighted by Crippen LogP contribution is 2.30. The van der Waals surface area contributed by atoms with Gasteiger partial charge in [0.1, 0.15) is 16.6 Å². The van der Waals surface area contributed by atoms with Gasteiger partial charge in [0.2, 0.25) is 15.9 Å². The molecule has 2 aromatic rings. The second kappa shape index (κ2) is 6.85. The topological polar surface area (TPSA) is 92.5 Å². The molecule has 1 fully saturated rings. The molecular formula is C18H23N3O4S. The Kier molecular flexibility index (Phi) is 4.90. The highest BCUT2D eigenvalue weighted by molar-refractivity contribution is 7.89. The molecule has 1 atom stereocenters. The van der Waals surface area contributed by atoms with Crippen LogP contribution in [0.5, 0.6) is 0 Å². The molecule has 0 spiro atoms. The van der Waals surface area contributed by atoms with Crippen molar-refractivity contribution in [3.63, 3.8) is 0 Å². The van der Waals surface area contributed by atoms with Crippen molar-refractivity contribution in [1.82, 2.24) is 9.46 Å². The molecule has 1 aliphatic heterocycles. The third kappa shape index (κ3) is 3.14. The van der Waals surface area contributed by atoms with Crippen molar-refractivity contribution in [2.75, 3.05) is 11.9 Å². The molecule has 1 aromatic heterocycles. The number of carbonyl (C=O) groups is 1. The van der Waals surface area contributed by atoms with E-state index >= 15 is 0 Å². The SMILES string of the molecule is Cc1cccc(NC(=O)C2CCCN2S(=O)(=O)c2c(C)noc2C)c1C. The van der Waals surface area contributed by atoms with Crippen LogP contribution in [0.15, 0.2) is 27.6 Å². The highest BCUT2D eigenvalue weighted by Gasteiger charge is 2.41. The van der Waals surface area contributed by atoms with E-state index in [1.54, 1.807) is 13.8 Å². The van der Waals surface area contributed by atoms with Crippen LogP contribution < -0.4 is 5.32 Å². The molecule has 7 nitrogen and oxygen atoms in total. The monoisotopic (exact) mass is 377 g/mol. The van der Waals surface area contributed by atoms with Gasteiger partial charge in [-0.05, 0) is 57.7 Å². The molecule has 3 rings (SSSR count). The molecule has 1 aliphatic rings. The number of benzene rings is 1. The van der Waals surface area contributed by atoms with Gasteiger partial charge in [-0.1, -0.05) is 17.3 Å². The van der Waals surface area contributed by atoms with Crippen LogP contribution in [0.2, 0.25) is 0 Å². The Hall–Kier alpha value is -2.19. The molecule has 1 amide bonds. The van der Waals surface area contributed by atoms with Gasteiger partial charge < -0.3 is 9.84 Å². The van der Waals surface area contributed by atoms with E-state index in [-0.39, 0.29) is 16.6 Å². The van der Waals surface area contributed by atoms with Gasteiger partial charge in [-0.25, -0.2) is 8.42 Å². The summed E-state index contributed by atoms with van der Waals surface area (Å²) in [5, 5.41) is 6.62. The normalized spacial score (nSPS) is 18.2. The molecule has 1 N–H and O–H groups in total. The Morgan fingerprint density at radius 3 is 2.65 bits per heavy atom. The average Bonchev–Trinajstić information content (AvgIpc) is 3.19. The summed E-state index contributed by atoms with van der Waals surface area (Å²) in [6.45, 7) is 7.35. The number of amides is 1. The Balaban J connectivity index is 1.88. The fourth-order valence-electron chi connectivity index (χ4n) is 3.35. The maximum atomic E-state index is 13.1. The first kappa shape index (κ1) is 18.6. The van der Waals surface area contributed by atoms with Gasteiger partial charge in [0.05, 0.1) is 0 Å². The van der Waals surface area contributed by atoms with Crippen LogP contribution in [0.1, 0.15) is 35.4 Å². The number of hydrogen-bond acceptors (Lipinski definition) is 5. The molecule has 26 heavy (non-hydrogen) atoms. The Bertz CT molecular complexity index is 930. The van der Waals surface area contributed by atoms with E-state index < -0.39 is 16.1 Å². The predicted molar refractivity (Wildman–Crippen MR) is 97.4 cm³/mol. The van der Waals surface area contributed by atoms with Crippen LogP contribution in [0, 0.1) is 27.7 Å². The van der Waals surface area contributed by atoms with Crippen LogP contribution in [0.25, 0.3) is 0 Å². The van der Waals surface area contributed by atoms with Gasteiger partial charge >= 0.3 is 0 Å². The average molecular weight is 377 g/mol. The quantitative estimate of drug-likeness (QED) is 0.884. The molecule has 1 saturated heterocycles. The van der Waals surface area contributed by atoms with Gasteiger partial charge in [0, 0.05) is 12.2 Å². The Labute approximate surface area is 153 Å². The summed E-state index contributed by atoms with van der Waals surface area (Å²) in [5.41, 5.74) is 3.05. The van der Waals surface area contributed by atoms with E-state index in [0.717, 1.165) is 11.1 Å². The molecule has 140 valence electrons. The lowest BCUT2D eigenvalue weighted by Gasteiger charge is -2.23. The first-order chi connectivity index (χ1) is 12.2. The number of aromatic nitrogens is 1. The standard InChI is InChI=1S/C18H23N3O4S/c1-11-7-5-8-15(12(11)2)19-18(22)16-9-6-10-21(16)26(23,24)17-13(3)20-25-14(17)4/h5,7-8,16H,6,9-10H2,1-4H3,(H,19,22). The summed E-state index contributed by atoms with van der Waals surface area (Å²) in [5.74, 6) is -0.0744. The lowest BCUT2D eigenvalue weighted by atomic mass is 10.1. The van der Waals surface area contributed by atoms with Crippen LogP contribution in [0.4, 0.5) is 5.69 Å². The summed E-state index contributed by atoms with van der Waals surface area (Å²) in [6.07, 6.45) is 1.12. The van der Waals surface area contributed by atoms with Crippen molar-refractivity contribution in [2.45, 2.75) is 51.5 Å². The number of rotatable bonds is 4. The summed E-state index contributed by atoms with van der Waals surface area (Å²) in [7, 11) is -3.85. The minimum Gasteiger partial charge on any atom is -0.360 e. The molecule has 0 radical (unpaired) electrons. The maximum absolute atomic E-state index is 13.1. The number of sulfonamides is 1. The zero-order chi connectivity index (χ0) is 19.1. The van der Waals surface area contributed by atoms with E-state index in [9.17, 15) is 13.2 Å². The largest absolute Gasteiger partial charge is 0.360 e. The molecule has 8 heteroatoms. The molecule has 1 aromatic carbocycles. The minimum absolute atomic E-state index is 0.0592. The van der Waals surface area contributed by atoms with E-state index in [1.807, 2.05) is 32.0 Å². The summed E-state index contributed by atoms with van der Waals surface area (Å²) >= 11 is 0. The van der Waals surface area contributed by atoms with Gasteiger partial charge in [-0.3, -0.25) is 4.79 Å². The summed E-state index contributed by atoms with van der Waals surface area (Å²) in [4.78, 5) is 12.9. The zero-order valence-electron chi connectivity index (χ0n) is 15.4. The van der Waals surface area contributed by atoms with Crippen molar-refractivity contribution in [3.8, 4) is 0 Å². The molecule has 2 heterocycles. The third-order valence-electron chi connectivity index (χ3n) is 4.90. The van der Waals surface area contributed by atoms with Crippen molar-refractivity contribution in [1.29, 1.82) is 0 Å².